The summed E-state index contributed by atoms with van der Waals surface area (Å²) >= 11 is 0. The SMILES string of the molecule is COc1cccc(CNc2nc(NC3CCC(N)CC3)nc3c2nnn3C)c1O. The van der Waals surface area contributed by atoms with Crippen LogP contribution in [0.25, 0.3) is 11.2 Å². The van der Waals surface area contributed by atoms with E-state index in [1.54, 1.807) is 17.8 Å². The number of rotatable bonds is 6. The summed E-state index contributed by atoms with van der Waals surface area (Å²) < 4.78 is 6.79. The summed E-state index contributed by atoms with van der Waals surface area (Å²) in [4.78, 5) is 9.20. The molecule has 1 aliphatic carbocycles. The number of ether oxygens (including phenoxy) is 1. The number of benzene rings is 1. The van der Waals surface area contributed by atoms with Crippen LogP contribution >= 0.6 is 0 Å². The molecule has 0 atom stereocenters. The summed E-state index contributed by atoms with van der Waals surface area (Å²) in [6.45, 7) is 0.351. The number of nitrogens with zero attached hydrogens (tertiary/aromatic N) is 5. The molecule has 4 rings (SSSR count). The third kappa shape index (κ3) is 4.02. The Morgan fingerprint density at radius 1 is 1.24 bits per heavy atom. The highest BCUT2D eigenvalue weighted by atomic mass is 16.5. The van der Waals surface area contributed by atoms with E-state index < -0.39 is 0 Å². The number of methoxy groups -OCH3 is 1. The smallest absolute Gasteiger partial charge is 0.227 e. The van der Waals surface area contributed by atoms with Crippen LogP contribution in [0.3, 0.4) is 0 Å². The second-order valence-corrected chi connectivity index (χ2v) is 7.36. The molecule has 154 valence electrons. The van der Waals surface area contributed by atoms with Gasteiger partial charge in [0.25, 0.3) is 0 Å². The Hall–Kier alpha value is -3.14. The van der Waals surface area contributed by atoms with E-state index in [1.807, 2.05) is 12.1 Å². The molecular formula is C19H26N8O2. The van der Waals surface area contributed by atoms with Gasteiger partial charge in [0, 0.05) is 31.2 Å². The van der Waals surface area contributed by atoms with E-state index >= 15 is 0 Å². The first-order chi connectivity index (χ1) is 14.0. The van der Waals surface area contributed by atoms with Gasteiger partial charge in [0.2, 0.25) is 5.95 Å². The molecular weight excluding hydrogens is 372 g/mol. The normalized spacial score (nSPS) is 19.3. The fourth-order valence-electron chi connectivity index (χ4n) is 3.60. The fraction of sp³-hybridized carbons (Fsp3) is 0.474. The lowest BCUT2D eigenvalue weighted by molar-refractivity contribution is 0.371. The highest BCUT2D eigenvalue weighted by molar-refractivity contribution is 5.83. The largest absolute Gasteiger partial charge is 0.504 e. The molecule has 1 fully saturated rings. The van der Waals surface area contributed by atoms with Crippen LogP contribution in [0.15, 0.2) is 18.2 Å². The van der Waals surface area contributed by atoms with Crippen LogP contribution in [0, 0.1) is 0 Å². The Balaban J connectivity index is 1.58. The highest BCUT2D eigenvalue weighted by Crippen LogP contribution is 2.30. The van der Waals surface area contributed by atoms with Gasteiger partial charge in [0.05, 0.1) is 7.11 Å². The van der Waals surface area contributed by atoms with Crippen molar-refractivity contribution in [2.45, 2.75) is 44.3 Å². The van der Waals surface area contributed by atoms with Gasteiger partial charge >= 0.3 is 0 Å². The minimum atomic E-state index is 0.101. The molecule has 0 aliphatic heterocycles. The molecule has 10 nitrogen and oxygen atoms in total. The van der Waals surface area contributed by atoms with Crippen LogP contribution < -0.4 is 21.1 Å². The fourth-order valence-corrected chi connectivity index (χ4v) is 3.60. The van der Waals surface area contributed by atoms with Crippen molar-refractivity contribution < 1.29 is 9.84 Å². The summed E-state index contributed by atoms with van der Waals surface area (Å²) in [5, 5.41) is 25.2. The molecule has 1 aliphatic rings. The number of fused-ring (bicyclic) bond motifs is 1. The lowest BCUT2D eigenvalue weighted by atomic mass is 9.92. The highest BCUT2D eigenvalue weighted by Gasteiger charge is 2.21. The number of aromatic nitrogens is 5. The monoisotopic (exact) mass is 398 g/mol. The van der Waals surface area contributed by atoms with E-state index in [-0.39, 0.29) is 11.8 Å². The number of anilines is 2. The number of aryl methyl sites for hydroxylation is 1. The van der Waals surface area contributed by atoms with Crippen molar-refractivity contribution in [3.8, 4) is 11.5 Å². The second-order valence-electron chi connectivity index (χ2n) is 7.36. The Bertz CT molecular complexity index is 997. The predicted molar refractivity (Wildman–Crippen MR) is 110 cm³/mol. The Labute approximate surface area is 168 Å². The van der Waals surface area contributed by atoms with Gasteiger partial charge in [-0.1, -0.05) is 17.3 Å². The summed E-state index contributed by atoms with van der Waals surface area (Å²) in [7, 11) is 3.32. The standard InChI is InChI=1S/C19H26N8O2/c1-27-18-15(25-26-27)17(21-10-11-4-3-5-14(29-2)16(11)28)23-19(24-18)22-13-8-6-12(20)7-9-13/h3-5,12-13,28H,6-10,20H2,1-2H3,(H2,21,22,23,24). The first kappa shape index (κ1) is 19.2. The number of hydrogen-bond acceptors (Lipinski definition) is 9. The number of phenolic OH excluding ortho intramolecular Hbond substituents is 1. The van der Waals surface area contributed by atoms with Crippen molar-refractivity contribution in [2.75, 3.05) is 17.7 Å². The maximum absolute atomic E-state index is 10.3. The van der Waals surface area contributed by atoms with Crippen molar-refractivity contribution in [1.82, 2.24) is 25.0 Å². The summed E-state index contributed by atoms with van der Waals surface area (Å²) in [5.74, 6) is 1.61. The zero-order chi connectivity index (χ0) is 20.4. The Kier molecular flexibility index (Phi) is 5.34. The molecule has 10 heteroatoms. The van der Waals surface area contributed by atoms with Crippen LogP contribution in [0.2, 0.25) is 0 Å². The predicted octanol–water partition coefficient (Wildman–Crippen LogP) is 1.77. The van der Waals surface area contributed by atoms with E-state index in [2.05, 4.69) is 30.9 Å². The Morgan fingerprint density at radius 2 is 2.03 bits per heavy atom. The van der Waals surface area contributed by atoms with Crippen LogP contribution in [0.4, 0.5) is 11.8 Å². The number of nitrogens with two attached hydrogens (primary N) is 1. The minimum Gasteiger partial charge on any atom is -0.504 e. The van der Waals surface area contributed by atoms with Crippen LogP contribution in [0.1, 0.15) is 31.2 Å². The molecule has 0 unspecified atom stereocenters. The number of hydrogen-bond donors (Lipinski definition) is 4. The maximum atomic E-state index is 10.3. The molecule has 0 bridgehead atoms. The topological polar surface area (TPSA) is 136 Å². The van der Waals surface area contributed by atoms with Crippen LogP contribution in [-0.2, 0) is 13.6 Å². The average molecular weight is 398 g/mol. The zero-order valence-corrected chi connectivity index (χ0v) is 16.6. The van der Waals surface area contributed by atoms with Gasteiger partial charge in [-0.05, 0) is 31.7 Å². The molecule has 3 aromatic rings. The van der Waals surface area contributed by atoms with E-state index in [1.165, 1.54) is 7.11 Å². The van der Waals surface area contributed by atoms with E-state index in [0.717, 1.165) is 25.7 Å². The molecule has 0 radical (unpaired) electrons. The van der Waals surface area contributed by atoms with Crippen molar-refractivity contribution in [3.63, 3.8) is 0 Å². The summed E-state index contributed by atoms with van der Waals surface area (Å²) in [5.41, 5.74) is 7.90. The summed E-state index contributed by atoms with van der Waals surface area (Å²) in [6.07, 6.45) is 3.97. The molecule has 1 saturated carbocycles. The van der Waals surface area contributed by atoms with E-state index in [9.17, 15) is 5.11 Å². The summed E-state index contributed by atoms with van der Waals surface area (Å²) in [6, 6.07) is 5.94. The molecule has 29 heavy (non-hydrogen) atoms. The number of para-hydroxylation sites is 1. The number of phenols is 1. The first-order valence-corrected chi connectivity index (χ1v) is 9.73. The van der Waals surface area contributed by atoms with Gasteiger partial charge < -0.3 is 26.2 Å². The van der Waals surface area contributed by atoms with Gasteiger partial charge in [-0.3, -0.25) is 0 Å². The van der Waals surface area contributed by atoms with Gasteiger partial charge in [-0.2, -0.15) is 9.97 Å². The number of nitrogens with one attached hydrogen (secondary N) is 2. The quantitative estimate of drug-likeness (QED) is 0.489. The van der Waals surface area contributed by atoms with E-state index in [0.29, 0.717) is 46.8 Å². The zero-order valence-electron chi connectivity index (χ0n) is 16.6. The molecule has 1 aromatic carbocycles. The molecule has 0 spiro atoms. The first-order valence-electron chi connectivity index (χ1n) is 9.73. The van der Waals surface area contributed by atoms with Gasteiger partial charge in [-0.25, -0.2) is 4.68 Å². The minimum absolute atomic E-state index is 0.101. The third-order valence-electron chi connectivity index (χ3n) is 5.30. The Morgan fingerprint density at radius 3 is 2.79 bits per heavy atom. The molecule has 5 N–H and O–H groups in total. The average Bonchev–Trinajstić information content (AvgIpc) is 3.10. The van der Waals surface area contributed by atoms with Crippen molar-refractivity contribution in [3.05, 3.63) is 23.8 Å². The number of aromatic hydroxyl groups is 1. The van der Waals surface area contributed by atoms with Crippen molar-refractivity contribution >= 4 is 22.9 Å². The second kappa shape index (κ2) is 8.08. The van der Waals surface area contributed by atoms with E-state index in [4.69, 9.17) is 10.5 Å². The van der Waals surface area contributed by atoms with Gasteiger partial charge in [0.15, 0.2) is 28.5 Å². The van der Waals surface area contributed by atoms with Crippen molar-refractivity contribution in [2.24, 2.45) is 12.8 Å². The third-order valence-corrected chi connectivity index (χ3v) is 5.30. The molecule has 2 heterocycles. The lowest BCUT2D eigenvalue weighted by Gasteiger charge is -2.26. The van der Waals surface area contributed by atoms with Crippen LogP contribution in [0.5, 0.6) is 11.5 Å². The van der Waals surface area contributed by atoms with Gasteiger partial charge in [-0.15, -0.1) is 5.10 Å². The molecule has 2 aromatic heterocycles. The molecule has 0 amide bonds. The van der Waals surface area contributed by atoms with Crippen LogP contribution in [-0.4, -0.2) is 49.3 Å². The lowest BCUT2D eigenvalue weighted by Crippen LogP contribution is -2.33. The van der Waals surface area contributed by atoms with Crippen molar-refractivity contribution in [1.29, 1.82) is 0 Å². The molecule has 0 saturated heterocycles. The maximum Gasteiger partial charge on any atom is 0.227 e. The van der Waals surface area contributed by atoms with Gasteiger partial charge in [0.1, 0.15) is 0 Å².